The summed E-state index contributed by atoms with van der Waals surface area (Å²) in [6, 6.07) is 13.4. The van der Waals surface area contributed by atoms with Crippen LogP contribution in [0.15, 0.2) is 47.4 Å². The maximum atomic E-state index is 12.2. The first kappa shape index (κ1) is 24.1. The van der Waals surface area contributed by atoms with Gasteiger partial charge in [0.15, 0.2) is 0 Å². The number of hydrogen-bond donors (Lipinski definition) is 1. The summed E-state index contributed by atoms with van der Waals surface area (Å²) in [5.41, 5.74) is 2.86. The van der Waals surface area contributed by atoms with Gasteiger partial charge in [-0.3, -0.25) is 9.10 Å². The first-order valence-corrected chi connectivity index (χ1v) is 12.9. The summed E-state index contributed by atoms with van der Waals surface area (Å²) in [6.45, 7) is 5.05. The molecule has 0 aliphatic carbocycles. The summed E-state index contributed by atoms with van der Waals surface area (Å²) in [6.07, 6.45) is 3.81. The first-order chi connectivity index (χ1) is 14.2. The molecule has 1 N–H and O–H groups in total. The molecule has 0 atom stereocenters. The maximum absolute atomic E-state index is 12.2. The van der Waals surface area contributed by atoms with Crippen molar-refractivity contribution in [1.29, 1.82) is 0 Å². The van der Waals surface area contributed by atoms with Gasteiger partial charge < -0.3 is 10.1 Å². The summed E-state index contributed by atoms with van der Waals surface area (Å²) in [5.74, 6) is 0.691. The van der Waals surface area contributed by atoms with Crippen molar-refractivity contribution in [1.82, 2.24) is 5.32 Å². The van der Waals surface area contributed by atoms with E-state index in [9.17, 15) is 13.2 Å². The molecule has 0 heterocycles. The largest absolute Gasteiger partial charge is 0.491 e. The minimum Gasteiger partial charge on any atom is -0.491 e. The van der Waals surface area contributed by atoms with E-state index >= 15 is 0 Å². The Kier molecular flexibility index (Phi) is 9.05. The van der Waals surface area contributed by atoms with Gasteiger partial charge >= 0.3 is 0 Å². The minimum absolute atomic E-state index is 0.120. The highest BCUT2D eigenvalue weighted by Crippen LogP contribution is 2.24. The molecular weight excluding hydrogens is 420 g/mol. The number of rotatable bonds is 11. The van der Waals surface area contributed by atoms with Crippen LogP contribution in [-0.2, 0) is 14.8 Å². The van der Waals surface area contributed by atoms with Crippen molar-refractivity contribution in [2.45, 2.75) is 31.6 Å². The SMILES string of the molecule is CSc1cccc(N(CCCC(=O)NCCOc2ccc(C)cc2C)S(C)(=O)=O)c1. The van der Waals surface area contributed by atoms with E-state index < -0.39 is 10.0 Å². The summed E-state index contributed by atoms with van der Waals surface area (Å²) in [4.78, 5) is 13.1. The van der Waals surface area contributed by atoms with Gasteiger partial charge in [0.1, 0.15) is 12.4 Å². The fraction of sp³-hybridized carbons (Fsp3) is 0.409. The van der Waals surface area contributed by atoms with Gasteiger partial charge in [-0.05, 0) is 56.4 Å². The Balaban J connectivity index is 1.78. The molecule has 0 saturated carbocycles. The molecule has 0 bridgehead atoms. The lowest BCUT2D eigenvalue weighted by molar-refractivity contribution is -0.121. The van der Waals surface area contributed by atoms with Crippen molar-refractivity contribution in [3.8, 4) is 5.75 Å². The molecule has 0 radical (unpaired) electrons. The number of nitrogens with one attached hydrogen (secondary N) is 1. The van der Waals surface area contributed by atoms with E-state index in [1.54, 1.807) is 17.8 Å². The standard InChI is InChI=1S/C22H30N2O4S2/c1-17-10-11-21(18(2)15-17)28-14-12-23-22(25)9-6-13-24(30(4,26)27)19-7-5-8-20(16-19)29-3/h5,7-8,10-11,15-16H,6,9,12-14H2,1-4H3,(H,23,25). The van der Waals surface area contributed by atoms with Crippen LogP contribution in [0.2, 0.25) is 0 Å². The lowest BCUT2D eigenvalue weighted by Crippen LogP contribution is -2.33. The van der Waals surface area contributed by atoms with Gasteiger partial charge in [-0.1, -0.05) is 23.8 Å². The van der Waals surface area contributed by atoms with Crippen LogP contribution in [0.5, 0.6) is 5.75 Å². The molecule has 2 rings (SSSR count). The molecule has 1 amide bonds. The Hall–Kier alpha value is -2.19. The Bertz CT molecular complexity index is 961. The third-order valence-corrected chi connectivity index (χ3v) is 6.44. The normalized spacial score (nSPS) is 11.2. The average Bonchev–Trinajstić information content (AvgIpc) is 2.69. The number of benzene rings is 2. The number of carbonyl (C=O) groups is 1. The lowest BCUT2D eigenvalue weighted by Gasteiger charge is -2.22. The third kappa shape index (κ3) is 7.57. The van der Waals surface area contributed by atoms with E-state index in [1.165, 1.54) is 16.1 Å². The van der Waals surface area contributed by atoms with Gasteiger partial charge in [-0.2, -0.15) is 0 Å². The molecule has 2 aromatic carbocycles. The topological polar surface area (TPSA) is 75.7 Å². The van der Waals surface area contributed by atoms with Crippen molar-refractivity contribution in [2.75, 3.05) is 36.5 Å². The molecule has 8 heteroatoms. The van der Waals surface area contributed by atoms with Crippen molar-refractivity contribution in [3.05, 3.63) is 53.6 Å². The van der Waals surface area contributed by atoms with Crippen LogP contribution in [0.4, 0.5) is 5.69 Å². The van der Waals surface area contributed by atoms with Crippen LogP contribution in [-0.4, -0.2) is 46.5 Å². The van der Waals surface area contributed by atoms with Crippen molar-refractivity contribution in [3.63, 3.8) is 0 Å². The fourth-order valence-corrected chi connectivity index (χ4v) is 4.45. The number of sulfonamides is 1. The Labute approximate surface area is 184 Å². The molecule has 0 spiro atoms. The number of thioether (sulfide) groups is 1. The number of amides is 1. The van der Waals surface area contributed by atoms with Crippen LogP contribution in [0, 0.1) is 13.8 Å². The van der Waals surface area contributed by atoms with Crippen molar-refractivity contribution < 1.29 is 17.9 Å². The van der Waals surface area contributed by atoms with E-state index in [-0.39, 0.29) is 18.9 Å². The lowest BCUT2D eigenvalue weighted by atomic mass is 10.1. The predicted molar refractivity (Wildman–Crippen MR) is 124 cm³/mol. The second kappa shape index (κ2) is 11.3. The molecule has 2 aromatic rings. The molecule has 164 valence electrons. The second-order valence-corrected chi connectivity index (χ2v) is 9.89. The molecular formula is C22H30N2O4S2. The van der Waals surface area contributed by atoms with Crippen molar-refractivity contribution in [2.24, 2.45) is 0 Å². The van der Waals surface area contributed by atoms with Gasteiger partial charge in [-0.25, -0.2) is 8.42 Å². The maximum Gasteiger partial charge on any atom is 0.232 e. The monoisotopic (exact) mass is 450 g/mol. The van der Waals surface area contributed by atoms with Gasteiger partial charge in [0, 0.05) is 17.9 Å². The molecule has 30 heavy (non-hydrogen) atoms. The number of anilines is 1. The average molecular weight is 451 g/mol. The van der Waals surface area contributed by atoms with Crippen LogP contribution < -0.4 is 14.4 Å². The van der Waals surface area contributed by atoms with Crippen LogP contribution in [0.1, 0.15) is 24.0 Å². The number of hydrogen-bond acceptors (Lipinski definition) is 5. The van der Waals surface area contributed by atoms with E-state index in [0.717, 1.165) is 16.2 Å². The number of nitrogens with zero attached hydrogens (tertiary/aromatic N) is 1. The summed E-state index contributed by atoms with van der Waals surface area (Å²) < 4.78 is 31.5. The zero-order valence-electron chi connectivity index (χ0n) is 18.0. The highest BCUT2D eigenvalue weighted by atomic mass is 32.2. The summed E-state index contributed by atoms with van der Waals surface area (Å²) >= 11 is 1.55. The Morgan fingerprint density at radius 2 is 1.93 bits per heavy atom. The zero-order chi connectivity index (χ0) is 22.1. The number of ether oxygens (including phenoxy) is 1. The van der Waals surface area contributed by atoms with E-state index in [0.29, 0.717) is 25.3 Å². The minimum atomic E-state index is -3.43. The molecule has 0 aromatic heterocycles. The van der Waals surface area contributed by atoms with E-state index in [4.69, 9.17) is 4.74 Å². The molecule has 6 nitrogen and oxygen atoms in total. The zero-order valence-corrected chi connectivity index (χ0v) is 19.6. The number of carbonyl (C=O) groups excluding carboxylic acids is 1. The Morgan fingerprint density at radius 1 is 1.17 bits per heavy atom. The summed E-state index contributed by atoms with van der Waals surface area (Å²) in [7, 11) is -3.43. The summed E-state index contributed by atoms with van der Waals surface area (Å²) in [5, 5.41) is 2.82. The molecule has 0 fully saturated rings. The quantitative estimate of drug-likeness (QED) is 0.417. The molecule has 0 aliphatic heterocycles. The third-order valence-electron chi connectivity index (χ3n) is 4.52. The van der Waals surface area contributed by atoms with Crippen molar-refractivity contribution >= 4 is 33.4 Å². The van der Waals surface area contributed by atoms with Crippen LogP contribution >= 0.6 is 11.8 Å². The smallest absolute Gasteiger partial charge is 0.232 e. The first-order valence-electron chi connectivity index (χ1n) is 9.79. The van der Waals surface area contributed by atoms with E-state index in [1.807, 2.05) is 50.4 Å². The van der Waals surface area contributed by atoms with E-state index in [2.05, 4.69) is 11.4 Å². The van der Waals surface area contributed by atoms with Gasteiger partial charge in [0.05, 0.1) is 18.5 Å². The molecule has 0 unspecified atom stereocenters. The highest BCUT2D eigenvalue weighted by Gasteiger charge is 2.18. The van der Waals surface area contributed by atoms with Crippen LogP contribution in [0.25, 0.3) is 0 Å². The predicted octanol–water partition coefficient (Wildman–Crippen LogP) is 3.77. The molecule has 0 saturated heterocycles. The number of aryl methyl sites for hydroxylation is 2. The van der Waals surface area contributed by atoms with Gasteiger partial charge in [0.2, 0.25) is 15.9 Å². The highest BCUT2D eigenvalue weighted by molar-refractivity contribution is 7.98. The molecule has 0 aliphatic rings. The van der Waals surface area contributed by atoms with Gasteiger partial charge in [0.25, 0.3) is 0 Å². The van der Waals surface area contributed by atoms with Gasteiger partial charge in [-0.15, -0.1) is 11.8 Å². The Morgan fingerprint density at radius 3 is 2.60 bits per heavy atom. The fourth-order valence-electron chi connectivity index (χ4n) is 3.04. The second-order valence-electron chi connectivity index (χ2n) is 7.11. The van der Waals surface area contributed by atoms with Crippen LogP contribution in [0.3, 0.4) is 0 Å².